The normalized spacial score (nSPS) is 11.4. The zero-order valence-corrected chi connectivity index (χ0v) is 20.0. The number of pyridine rings is 1. The maximum absolute atomic E-state index is 13.9. The first kappa shape index (κ1) is 22.5. The van der Waals surface area contributed by atoms with Crippen LogP contribution in [0.15, 0.2) is 82.7 Å². The Hall–Kier alpha value is -4.29. The van der Waals surface area contributed by atoms with Gasteiger partial charge in [-0.05, 0) is 56.0 Å². The summed E-state index contributed by atoms with van der Waals surface area (Å²) in [5.74, 6) is 0. The van der Waals surface area contributed by atoms with Crippen molar-refractivity contribution in [2.45, 2.75) is 13.8 Å². The zero-order valence-electron chi connectivity index (χ0n) is 19.3. The number of aromatic nitrogens is 4. The van der Waals surface area contributed by atoms with Gasteiger partial charge < -0.3 is 0 Å². The Morgan fingerprint density at radius 2 is 1.83 bits per heavy atom. The number of fused-ring (bicyclic) bond motifs is 1. The van der Waals surface area contributed by atoms with Gasteiger partial charge in [0, 0.05) is 17.3 Å². The van der Waals surface area contributed by atoms with E-state index in [0.29, 0.717) is 22.1 Å². The predicted octanol–water partition coefficient (Wildman–Crippen LogP) is 6.75. The Morgan fingerprint density at radius 1 is 1.03 bits per heavy atom. The van der Waals surface area contributed by atoms with Crippen molar-refractivity contribution >= 4 is 35.7 Å². The van der Waals surface area contributed by atoms with Crippen LogP contribution in [0.2, 0.25) is 5.15 Å². The molecule has 0 fully saturated rings. The van der Waals surface area contributed by atoms with Crippen LogP contribution in [0.5, 0.6) is 0 Å². The summed E-state index contributed by atoms with van der Waals surface area (Å²) in [6, 6.07) is 19.2. The molecule has 0 saturated carbocycles. The third-order valence-corrected chi connectivity index (χ3v) is 6.08. The SMILES string of the molecule is C=Nc1ccc(-c2c(C)nc3c(-c4ccccc4)c(-c4ccnc(Cl)c4)[nH]n3c2=O)cc1/C=C\C. The summed E-state index contributed by atoms with van der Waals surface area (Å²) in [7, 11) is 0. The first-order chi connectivity index (χ1) is 17.0. The van der Waals surface area contributed by atoms with Crippen molar-refractivity contribution in [2.24, 2.45) is 4.99 Å². The van der Waals surface area contributed by atoms with Crippen molar-refractivity contribution in [3.63, 3.8) is 0 Å². The molecular formula is C28H22ClN5O. The second kappa shape index (κ2) is 9.16. The lowest BCUT2D eigenvalue weighted by molar-refractivity contribution is 0.896. The van der Waals surface area contributed by atoms with Crippen molar-refractivity contribution in [3.05, 3.63) is 99.7 Å². The van der Waals surface area contributed by atoms with Crippen LogP contribution in [0.25, 0.3) is 45.2 Å². The highest BCUT2D eigenvalue weighted by atomic mass is 35.5. The fourth-order valence-corrected chi connectivity index (χ4v) is 4.50. The minimum Gasteiger partial charge on any atom is -0.288 e. The molecule has 35 heavy (non-hydrogen) atoms. The smallest absolute Gasteiger partial charge is 0.280 e. The first-order valence-corrected chi connectivity index (χ1v) is 11.5. The molecule has 0 saturated heterocycles. The molecule has 0 amide bonds. The topological polar surface area (TPSA) is 75.4 Å². The van der Waals surface area contributed by atoms with Gasteiger partial charge in [0.15, 0.2) is 5.65 Å². The van der Waals surface area contributed by atoms with E-state index in [1.807, 2.05) is 80.6 Å². The van der Waals surface area contributed by atoms with E-state index in [-0.39, 0.29) is 5.56 Å². The van der Waals surface area contributed by atoms with E-state index in [2.05, 4.69) is 21.8 Å². The second-order valence-corrected chi connectivity index (χ2v) is 8.45. The van der Waals surface area contributed by atoms with Crippen LogP contribution in [-0.2, 0) is 0 Å². The lowest BCUT2D eigenvalue weighted by Gasteiger charge is -2.09. The van der Waals surface area contributed by atoms with Crippen LogP contribution in [0.4, 0.5) is 5.69 Å². The highest BCUT2D eigenvalue weighted by Gasteiger charge is 2.21. The number of benzene rings is 2. The van der Waals surface area contributed by atoms with Gasteiger partial charge in [-0.25, -0.2) is 9.97 Å². The minimum absolute atomic E-state index is 0.193. The van der Waals surface area contributed by atoms with Crippen molar-refractivity contribution in [1.82, 2.24) is 19.6 Å². The molecule has 3 heterocycles. The summed E-state index contributed by atoms with van der Waals surface area (Å²) >= 11 is 6.19. The molecule has 5 aromatic rings. The molecule has 0 aliphatic heterocycles. The maximum Gasteiger partial charge on any atom is 0.280 e. The average molecular weight is 480 g/mol. The highest BCUT2D eigenvalue weighted by Crippen LogP contribution is 2.35. The molecule has 0 unspecified atom stereocenters. The molecule has 0 aliphatic rings. The summed E-state index contributed by atoms with van der Waals surface area (Å²) in [5, 5.41) is 3.65. The largest absolute Gasteiger partial charge is 0.288 e. The standard InChI is InChI=1S/C28H22ClN5O/c1-4-8-19-15-20(11-12-22(19)30-3)24-17(2)32-27-25(18-9-6-5-7-10-18)26(33-34(27)28(24)35)21-13-14-31-23(29)16-21/h4-16,33H,3H2,1-2H3/b8-4-. The van der Waals surface area contributed by atoms with Crippen LogP contribution >= 0.6 is 11.6 Å². The summed E-state index contributed by atoms with van der Waals surface area (Å²) in [4.78, 5) is 27.0. The van der Waals surface area contributed by atoms with E-state index in [4.69, 9.17) is 16.6 Å². The number of rotatable bonds is 5. The Bertz CT molecular complexity index is 1660. The van der Waals surface area contributed by atoms with E-state index >= 15 is 0 Å². The Balaban J connectivity index is 1.83. The maximum atomic E-state index is 13.9. The Labute approximate surface area is 207 Å². The van der Waals surface area contributed by atoms with E-state index in [0.717, 1.165) is 39.2 Å². The lowest BCUT2D eigenvalue weighted by Crippen LogP contribution is -2.19. The number of aromatic amines is 1. The van der Waals surface area contributed by atoms with E-state index < -0.39 is 0 Å². The zero-order chi connectivity index (χ0) is 24.5. The molecule has 2 aromatic carbocycles. The van der Waals surface area contributed by atoms with Gasteiger partial charge in [0.2, 0.25) is 0 Å². The van der Waals surface area contributed by atoms with E-state index in [1.165, 1.54) is 4.52 Å². The number of aliphatic imine (C=N–C) groups is 1. The van der Waals surface area contributed by atoms with Crippen molar-refractivity contribution < 1.29 is 0 Å². The summed E-state index contributed by atoms with van der Waals surface area (Å²) in [6.45, 7) is 7.44. The number of halogens is 1. The van der Waals surface area contributed by atoms with Crippen LogP contribution in [-0.4, -0.2) is 26.3 Å². The predicted molar refractivity (Wildman–Crippen MR) is 144 cm³/mol. The third kappa shape index (κ3) is 3.98. The molecule has 0 spiro atoms. The molecule has 3 aromatic heterocycles. The molecule has 172 valence electrons. The molecule has 0 bridgehead atoms. The summed E-state index contributed by atoms with van der Waals surface area (Å²) in [5.41, 5.74) is 7.21. The van der Waals surface area contributed by atoms with E-state index in [1.54, 1.807) is 12.3 Å². The van der Waals surface area contributed by atoms with Crippen molar-refractivity contribution in [3.8, 4) is 33.5 Å². The highest BCUT2D eigenvalue weighted by molar-refractivity contribution is 6.29. The van der Waals surface area contributed by atoms with Gasteiger partial charge in [-0.15, -0.1) is 0 Å². The molecule has 0 atom stereocenters. The monoisotopic (exact) mass is 479 g/mol. The van der Waals surface area contributed by atoms with E-state index in [9.17, 15) is 4.79 Å². The molecule has 0 aliphatic carbocycles. The van der Waals surface area contributed by atoms with Gasteiger partial charge in [-0.2, -0.15) is 4.52 Å². The molecular weight excluding hydrogens is 458 g/mol. The first-order valence-electron chi connectivity index (χ1n) is 11.1. The van der Waals surface area contributed by atoms with Crippen LogP contribution in [0, 0.1) is 6.92 Å². The summed E-state index contributed by atoms with van der Waals surface area (Å²) < 4.78 is 1.50. The number of nitrogens with one attached hydrogen (secondary N) is 1. The molecule has 0 radical (unpaired) electrons. The lowest BCUT2D eigenvalue weighted by atomic mass is 10.0. The van der Waals surface area contributed by atoms with Crippen molar-refractivity contribution in [2.75, 3.05) is 0 Å². The van der Waals surface area contributed by atoms with Crippen molar-refractivity contribution in [1.29, 1.82) is 0 Å². The molecule has 1 N–H and O–H groups in total. The van der Waals surface area contributed by atoms with Crippen LogP contribution in [0.1, 0.15) is 18.2 Å². The van der Waals surface area contributed by atoms with Gasteiger partial charge in [0.05, 0.1) is 28.2 Å². The van der Waals surface area contributed by atoms with Gasteiger partial charge in [-0.3, -0.25) is 14.9 Å². The van der Waals surface area contributed by atoms with Gasteiger partial charge in [-0.1, -0.05) is 60.2 Å². The fraction of sp³-hybridized carbons (Fsp3) is 0.0714. The number of aryl methyl sites for hydroxylation is 1. The van der Waals surface area contributed by atoms with Crippen LogP contribution < -0.4 is 5.56 Å². The molecule has 5 rings (SSSR count). The Kier molecular flexibility index (Phi) is 5.89. The molecule has 7 heteroatoms. The summed E-state index contributed by atoms with van der Waals surface area (Å²) in [6.07, 6.45) is 5.51. The second-order valence-electron chi connectivity index (χ2n) is 8.06. The number of allylic oxidation sites excluding steroid dienone is 1. The third-order valence-electron chi connectivity index (χ3n) is 5.87. The minimum atomic E-state index is -0.193. The quantitative estimate of drug-likeness (QED) is 0.224. The van der Waals surface area contributed by atoms with Gasteiger partial charge in [0.25, 0.3) is 5.56 Å². The Morgan fingerprint density at radius 3 is 2.54 bits per heavy atom. The van der Waals surface area contributed by atoms with Crippen LogP contribution in [0.3, 0.4) is 0 Å². The number of hydrogen-bond donors (Lipinski definition) is 1. The van der Waals surface area contributed by atoms with Gasteiger partial charge >= 0.3 is 0 Å². The number of hydrogen-bond acceptors (Lipinski definition) is 4. The molecule has 6 nitrogen and oxygen atoms in total. The average Bonchev–Trinajstić information content (AvgIpc) is 3.24. The number of nitrogens with zero attached hydrogens (tertiary/aromatic N) is 4. The fourth-order valence-electron chi connectivity index (χ4n) is 4.32. The number of H-pyrrole nitrogens is 1. The van der Waals surface area contributed by atoms with Gasteiger partial charge in [0.1, 0.15) is 5.15 Å².